The van der Waals surface area contributed by atoms with Gasteiger partial charge in [-0.3, -0.25) is 10.6 Å². The lowest BCUT2D eigenvalue weighted by Gasteiger charge is -2.15. The molecule has 0 aliphatic carbocycles. The molecular weight excluding hydrogens is 343 g/mol. The third-order valence-corrected chi connectivity index (χ3v) is 3.47. The standard InChI is InChI=1S/C18H27FN2O3S/c1-3-4-15(19)9-17(25)12-24-16-7-5-14(6-8-16)10-21-18(23)11-20-13(2)22/h3-9,13,17-18,20-23,25H,10-12H2,1-2H3/b4-3-,15-9+. The number of aliphatic hydroxyl groups excluding tert-OH is 2. The van der Waals surface area contributed by atoms with E-state index in [2.05, 4.69) is 23.3 Å². The Morgan fingerprint density at radius 1 is 1.28 bits per heavy atom. The van der Waals surface area contributed by atoms with Gasteiger partial charge in [0, 0.05) is 13.1 Å². The molecule has 4 N–H and O–H groups in total. The lowest BCUT2D eigenvalue weighted by molar-refractivity contribution is 0.0939. The Kier molecular flexibility index (Phi) is 10.4. The van der Waals surface area contributed by atoms with Gasteiger partial charge in [0.25, 0.3) is 0 Å². The van der Waals surface area contributed by atoms with Crippen LogP contribution in [0.15, 0.2) is 48.3 Å². The van der Waals surface area contributed by atoms with Crippen LogP contribution in [-0.2, 0) is 6.54 Å². The van der Waals surface area contributed by atoms with Crippen molar-refractivity contribution in [2.45, 2.75) is 38.1 Å². The number of aliphatic hydroxyl groups is 2. The van der Waals surface area contributed by atoms with E-state index in [0.717, 1.165) is 5.56 Å². The monoisotopic (exact) mass is 370 g/mol. The molecule has 3 atom stereocenters. The Morgan fingerprint density at radius 2 is 1.96 bits per heavy atom. The fraction of sp³-hybridized carbons (Fsp3) is 0.444. The molecule has 1 aromatic rings. The van der Waals surface area contributed by atoms with Gasteiger partial charge in [0.15, 0.2) is 0 Å². The molecule has 0 heterocycles. The van der Waals surface area contributed by atoms with E-state index in [-0.39, 0.29) is 24.2 Å². The molecule has 3 unspecified atom stereocenters. The third kappa shape index (κ3) is 10.3. The van der Waals surface area contributed by atoms with Crippen LogP contribution in [0, 0.1) is 0 Å². The van der Waals surface area contributed by atoms with E-state index in [0.29, 0.717) is 12.3 Å². The zero-order valence-corrected chi connectivity index (χ0v) is 15.4. The number of hydrogen-bond donors (Lipinski definition) is 5. The van der Waals surface area contributed by atoms with Gasteiger partial charge in [-0.2, -0.15) is 12.6 Å². The largest absolute Gasteiger partial charge is 0.492 e. The molecular formula is C18H27FN2O3S. The number of thiol groups is 1. The SMILES string of the molecule is C/C=C\C(F)=C/C(S)COc1ccc(CNC(O)CNC(C)O)cc1. The van der Waals surface area contributed by atoms with E-state index in [4.69, 9.17) is 9.84 Å². The van der Waals surface area contributed by atoms with Crippen LogP contribution in [0.1, 0.15) is 19.4 Å². The number of hydrogen-bond acceptors (Lipinski definition) is 6. The topological polar surface area (TPSA) is 73.8 Å². The van der Waals surface area contributed by atoms with Crippen molar-refractivity contribution in [3.8, 4) is 5.75 Å². The van der Waals surface area contributed by atoms with Crippen LogP contribution in [0.5, 0.6) is 5.75 Å². The highest BCUT2D eigenvalue weighted by atomic mass is 32.1. The second-order valence-electron chi connectivity index (χ2n) is 5.55. The molecule has 0 bridgehead atoms. The Hall–Kier alpha value is -1.38. The van der Waals surface area contributed by atoms with E-state index in [1.807, 2.05) is 24.3 Å². The highest BCUT2D eigenvalue weighted by molar-refractivity contribution is 7.81. The Balaban J connectivity index is 2.37. The second kappa shape index (κ2) is 12.1. The highest BCUT2D eigenvalue weighted by Crippen LogP contribution is 2.14. The van der Waals surface area contributed by atoms with Crippen molar-refractivity contribution in [1.29, 1.82) is 0 Å². The highest BCUT2D eigenvalue weighted by Gasteiger charge is 2.05. The Labute approximate surface area is 154 Å². The lowest BCUT2D eigenvalue weighted by Crippen LogP contribution is -2.41. The number of nitrogens with one attached hydrogen (secondary N) is 2. The van der Waals surface area contributed by atoms with Crippen LogP contribution < -0.4 is 15.4 Å². The van der Waals surface area contributed by atoms with Gasteiger partial charge in [-0.1, -0.05) is 18.2 Å². The van der Waals surface area contributed by atoms with Crippen molar-refractivity contribution >= 4 is 12.6 Å². The van der Waals surface area contributed by atoms with Crippen molar-refractivity contribution in [2.24, 2.45) is 0 Å². The zero-order chi connectivity index (χ0) is 18.7. The Bertz CT molecular complexity index is 550. The van der Waals surface area contributed by atoms with E-state index < -0.39 is 12.5 Å². The van der Waals surface area contributed by atoms with E-state index in [9.17, 15) is 9.50 Å². The number of ether oxygens (including phenoxy) is 1. The fourth-order valence-electron chi connectivity index (χ4n) is 1.92. The van der Waals surface area contributed by atoms with Gasteiger partial charge in [0.2, 0.25) is 0 Å². The van der Waals surface area contributed by atoms with Crippen molar-refractivity contribution in [3.05, 3.63) is 53.9 Å². The van der Waals surface area contributed by atoms with Crippen LogP contribution in [0.2, 0.25) is 0 Å². The molecule has 0 saturated carbocycles. The van der Waals surface area contributed by atoms with Gasteiger partial charge >= 0.3 is 0 Å². The summed E-state index contributed by atoms with van der Waals surface area (Å²) in [5.41, 5.74) is 0.977. The number of rotatable bonds is 11. The summed E-state index contributed by atoms with van der Waals surface area (Å²) in [4.78, 5) is 0. The van der Waals surface area contributed by atoms with E-state index >= 15 is 0 Å². The predicted octanol–water partition coefficient (Wildman–Crippen LogP) is 2.13. The molecule has 1 rings (SSSR count). The minimum absolute atomic E-state index is 0.249. The summed E-state index contributed by atoms with van der Waals surface area (Å²) < 4.78 is 18.9. The van der Waals surface area contributed by atoms with Crippen LogP contribution in [0.4, 0.5) is 4.39 Å². The summed E-state index contributed by atoms with van der Waals surface area (Å²) in [5, 5.41) is 24.1. The molecule has 25 heavy (non-hydrogen) atoms. The molecule has 0 aromatic heterocycles. The molecule has 0 fully saturated rings. The molecule has 0 aliphatic heterocycles. The lowest BCUT2D eigenvalue weighted by atomic mass is 10.2. The van der Waals surface area contributed by atoms with Crippen LogP contribution in [0.3, 0.4) is 0 Å². The smallest absolute Gasteiger partial charge is 0.120 e. The summed E-state index contributed by atoms with van der Waals surface area (Å²) in [6, 6.07) is 7.37. The molecule has 5 nitrogen and oxygen atoms in total. The first kappa shape index (κ1) is 21.7. The minimum atomic E-state index is -0.755. The first-order valence-corrected chi connectivity index (χ1v) is 8.65. The summed E-state index contributed by atoms with van der Waals surface area (Å²) in [6.45, 7) is 4.33. The van der Waals surface area contributed by atoms with Gasteiger partial charge < -0.3 is 14.9 Å². The predicted molar refractivity (Wildman–Crippen MR) is 101 cm³/mol. The fourth-order valence-corrected chi connectivity index (χ4v) is 2.14. The maximum atomic E-state index is 13.3. The molecule has 7 heteroatoms. The molecule has 0 saturated heterocycles. The van der Waals surface area contributed by atoms with Crippen molar-refractivity contribution in [3.63, 3.8) is 0 Å². The van der Waals surface area contributed by atoms with Gasteiger partial charge in [0.05, 0.1) is 5.25 Å². The summed E-state index contributed by atoms with van der Waals surface area (Å²) in [7, 11) is 0. The average Bonchev–Trinajstić information content (AvgIpc) is 2.57. The van der Waals surface area contributed by atoms with Gasteiger partial charge in [0.1, 0.15) is 30.6 Å². The van der Waals surface area contributed by atoms with Crippen LogP contribution >= 0.6 is 12.6 Å². The molecule has 0 aliphatic rings. The van der Waals surface area contributed by atoms with Gasteiger partial charge in [-0.05, 0) is 43.7 Å². The third-order valence-electron chi connectivity index (χ3n) is 3.17. The Morgan fingerprint density at radius 3 is 2.56 bits per heavy atom. The van der Waals surface area contributed by atoms with E-state index in [1.165, 1.54) is 12.2 Å². The normalized spacial score (nSPS) is 16.0. The van der Waals surface area contributed by atoms with Crippen LogP contribution in [-0.4, -0.2) is 41.1 Å². The molecule has 0 spiro atoms. The number of benzene rings is 1. The minimum Gasteiger partial charge on any atom is -0.492 e. The maximum Gasteiger partial charge on any atom is 0.120 e. The van der Waals surface area contributed by atoms with E-state index in [1.54, 1.807) is 19.9 Å². The van der Waals surface area contributed by atoms with Gasteiger partial charge in [-0.25, -0.2) is 4.39 Å². The molecule has 0 radical (unpaired) electrons. The quantitative estimate of drug-likeness (QED) is 0.234. The van der Waals surface area contributed by atoms with Gasteiger partial charge in [-0.15, -0.1) is 0 Å². The maximum absolute atomic E-state index is 13.3. The van der Waals surface area contributed by atoms with Crippen molar-refractivity contribution in [2.75, 3.05) is 13.2 Å². The summed E-state index contributed by atoms with van der Waals surface area (Å²) in [5.74, 6) is 0.329. The van der Waals surface area contributed by atoms with Crippen molar-refractivity contribution in [1.82, 2.24) is 10.6 Å². The first-order chi connectivity index (χ1) is 11.9. The number of halogens is 1. The summed E-state index contributed by atoms with van der Waals surface area (Å²) >= 11 is 4.27. The number of allylic oxidation sites excluding steroid dienone is 3. The molecule has 0 amide bonds. The molecule has 1 aromatic carbocycles. The second-order valence-corrected chi connectivity index (χ2v) is 6.22. The zero-order valence-electron chi connectivity index (χ0n) is 14.5. The molecule has 140 valence electrons. The van der Waals surface area contributed by atoms with Crippen molar-refractivity contribution < 1.29 is 19.3 Å². The average molecular weight is 370 g/mol. The van der Waals surface area contributed by atoms with Crippen LogP contribution in [0.25, 0.3) is 0 Å². The first-order valence-electron chi connectivity index (χ1n) is 8.13. The summed E-state index contributed by atoms with van der Waals surface area (Å²) in [6.07, 6.45) is 2.97.